The van der Waals surface area contributed by atoms with E-state index < -0.39 is 12.1 Å². The van der Waals surface area contributed by atoms with Crippen molar-refractivity contribution in [1.29, 1.82) is 0 Å². The minimum atomic E-state index is -0.703. The predicted molar refractivity (Wildman–Crippen MR) is 75.1 cm³/mol. The normalized spacial score (nSPS) is 11.8. The molecule has 0 bridgehead atoms. The van der Waals surface area contributed by atoms with Gasteiger partial charge in [-0.25, -0.2) is 0 Å². The van der Waals surface area contributed by atoms with E-state index in [0.29, 0.717) is 13.2 Å². The number of nitrogens with zero attached hydrogens (tertiary/aromatic N) is 1. The van der Waals surface area contributed by atoms with Crippen molar-refractivity contribution in [3.05, 3.63) is 35.9 Å². The molecule has 5 nitrogen and oxygen atoms in total. The summed E-state index contributed by atoms with van der Waals surface area (Å²) in [6, 6.07) is 9.21. The predicted octanol–water partition coefficient (Wildman–Crippen LogP) is 1.79. The van der Waals surface area contributed by atoms with Crippen LogP contribution >= 0.6 is 0 Å². The van der Waals surface area contributed by atoms with E-state index in [1.54, 1.807) is 6.92 Å². The molecule has 5 heteroatoms. The Balaban J connectivity index is 2.80. The fourth-order valence-corrected chi connectivity index (χ4v) is 1.88. The second-order valence-corrected chi connectivity index (χ2v) is 4.18. The van der Waals surface area contributed by atoms with Crippen molar-refractivity contribution in [2.75, 3.05) is 26.8 Å². The third kappa shape index (κ3) is 4.35. The Hall–Kier alpha value is -1.88. The Labute approximate surface area is 119 Å². The second-order valence-electron chi connectivity index (χ2n) is 4.18. The Morgan fingerprint density at radius 2 is 1.85 bits per heavy atom. The molecule has 0 aliphatic rings. The molecule has 1 atom stereocenters. The number of hydrogen-bond acceptors (Lipinski definition) is 4. The van der Waals surface area contributed by atoms with E-state index in [-0.39, 0.29) is 12.5 Å². The van der Waals surface area contributed by atoms with Crippen LogP contribution in [0, 0.1) is 0 Å². The van der Waals surface area contributed by atoms with Gasteiger partial charge < -0.3 is 14.4 Å². The first-order valence-electron chi connectivity index (χ1n) is 6.66. The maximum atomic E-state index is 12.4. The van der Waals surface area contributed by atoms with E-state index in [1.807, 2.05) is 37.3 Å². The summed E-state index contributed by atoms with van der Waals surface area (Å²) in [5.74, 6) is -0.653. The van der Waals surface area contributed by atoms with Gasteiger partial charge in [-0.05, 0) is 19.4 Å². The van der Waals surface area contributed by atoms with Crippen LogP contribution in [0.4, 0.5) is 0 Å². The van der Waals surface area contributed by atoms with Crippen LogP contribution in [0.5, 0.6) is 0 Å². The third-order valence-electron chi connectivity index (χ3n) is 2.88. The van der Waals surface area contributed by atoms with Gasteiger partial charge in [0.2, 0.25) is 0 Å². The van der Waals surface area contributed by atoms with Crippen molar-refractivity contribution in [3.63, 3.8) is 0 Å². The molecular formula is C15H21NO4. The molecule has 20 heavy (non-hydrogen) atoms. The summed E-state index contributed by atoms with van der Waals surface area (Å²) in [5.41, 5.74) is 0.766. The number of carbonyl (C=O) groups excluding carboxylic acids is 2. The number of esters is 1. The van der Waals surface area contributed by atoms with Gasteiger partial charge in [0.1, 0.15) is 6.54 Å². The number of carbonyl (C=O) groups is 2. The van der Waals surface area contributed by atoms with Gasteiger partial charge in [-0.15, -0.1) is 0 Å². The number of ether oxygens (including phenoxy) is 2. The third-order valence-corrected chi connectivity index (χ3v) is 2.88. The Morgan fingerprint density at radius 1 is 1.20 bits per heavy atom. The number of benzene rings is 1. The first kappa shape index (κ1) is 16.2. The molecule has 110 valence electrons. The molecule has 0 radical (unpaired) electrons. The molecule has 1 amide bonds. The van der Waals surface area contributed by atoms with Crippen LogP contribution < -0.4 is 0 Å². The largest absolute Gasteiger partial charge is 0.465 e. The molecule has 0 spiro atoms. The van der Waals surface area contributed by atoms with Crippen LogP contribution in [0.25, 0.3) is 0 Å². The zero-order valence-electron chi connectivity index (χ0n) is 12.2. The van der Waals surface area contributed by atoms with Gasteiger partial charge in [-0.3, -0.25) is 9.59 Å². The van der Waals surface area contributed by atoms with Gasteiger partial charge in [-0.2, -0.15) is 0 Å². The SMILES string of the molecule is CCOC(=O)CN(CC)C(=O)C(OC)c1ccccc1. The summed E-state index contributed by atoms with van der Waals surface area (Å²) < 4.78 is 10.1. The smallest absolute Gasteiger partial charge is 0.325 e. The maximum absolute atomic E-state index is 12.4. The van der Waals surface area contributed by atoms with Gasteiger partial charge in [0, 0.05) is 13.7 Å². The lowest BCUT2D eigenvalue weighted by Crippen LogP contribution is -2.39. The number of methoxy groups -OCH3 is 1. The molecule has 0 saturated heterocycles. The minimum absolute atomic E-state index is 0.0597. The zero-order chi connectivity index (χ0) is 15.0. The van der Waals surface area contributed by atoms with Gasteiger partial charge in [0.15, 0.2) is 6.10 Å². The van der Waals surface area contributed by atoms with Crippen LogP contribution in [-0.2, 0) is 19.1 Å². The van der Waals surface area contributed by atoms with E-state index >= 15 is 0 Å². The molecular weight excluding hydrogens is 258 g/mol. The highest BCUT2D eigenvalue weighted by Gasteiger charge is 2.26. The highest BCUT2D eigenvalue weighted by molar-refractivity contribution is 5.86. The van der Waals surface area contributed by atoms with Gasteiger partial charge in [0.05, 0.1) is 6.61 Å². The molecule has 0 fully saturated rings. The van der Waals surface area contributed by atoms with Crippen molar-refractivity contribution in [2.24, 2.45) is 0 Å². The summed E-state index contributed by atoms with van der Waals surface area (Å²) in [7, 11) is 1.48. The molecule has 1 aromatic carbocycles. The molecule has 1 rings (SSSR count). The Bertz CT molecular complexity index is 433. The summed E-state index contributed by atoms with van der Waals surface area (Å²) in [5, 5.41) is 0. The highest BCUT2D eigenvalue weighted by Crippen LogP contribution is 2.19. The van der Waals surface area contributed by atoms with Crippen molar-refractivity contribution < 1.29 is 19.1 Å². The fraction of sp³-hybridized carbons (Fsp3) is 0.467. The zero-order valence-corrected chi connectivity index (χ0v) is 12.2. The molecule has 0 saturated carbocycles. The lowest BCUT2D eigenvalue weighted by molar-refractivity contribution is -0.152. The van der Waals surface area contributed by atoms with Gasteiger partial charge in [0.25, 0.3) is 5.91 Å². The van der Waals surface area contributed by atoms with E-state index in [9.17, 15) is 9.59 Å². The minimum Gasteiger partial charge on any atom is -0.465 e. The average Bonchev–Trinajstić information content (AvgIpc) is 2.47. The lowest BCUT2D eigenvalue weighted by atomic mass is 10.1. The van der Waals surface area contributed by atoms with Crippen molar-refractivity contribution in [3.8, 4) is 0 Å². The number of amides is 1. The van der Waals surface area contributed by atoms with E-state index in [1.165, 1.54) is 12.0 Å². The molecule has 0 heterocycles. The number of hydrogen-bond donors (Lipinski definition) is 0. The Morgan fingerprint density at radius 3 is 2.35 bits per heavy atom. The maximum Gasteiger partial charge on any atom is 0.325 e. The first-order valence-corrected chi connectivity index (χ1v) is 6.66. The molecule has 1 aromatic rings. The van der Waals surface area contributed by atoms with E-state index in [4.69, 9.17) is 9.47 Å². The fourth-order valence-electron chi connectivity index (χ4n) is 1.88. The topological polar surface area (TPSA) is 55.8 Å². The van der Waals surface area contributed by atoms with Crippen LogP contribution in [0.3, 0.4) is 0 Å². The molecule has 0 aliphatic heterocycles. The van der Waals surface area contributed by atoms with Crippen LogP contribution in [0.15, 0.2) is 30.3 Å². The van der Waals surface area contributed by atoms with Crippen LogP contribution in [-0.4, -0.2) is 43.6 Å². The summed E-state index contributed by atoms with van der Waals surface area (Å²) in [6.45, 7) is 4.21. The first-order chi connectivity index (χ1) is 9.63. The van der Waals surface area contributed by atoms with E-state index in [2.05, 4.69) is 0 Å². The molecule has 0 aromatic heterocycles. The Kier molecular flexibility index (Phi) is 6.73. The highest BCUT2D eigenvalue weighted by atomic mass is 16.5. The summed E-state index contributed by atoms with van der Waals surface area (Å²) in [4.78, 5) is 25.4. The van der Waals surface area contributed by atoms with E-state index in [0.717, 1.165) is 5.56 Å². The van der Waals surface area contributed by atoms with Crippen molar-refractivity contribution >= 4 is 11.9 Å². The summed E-state index contributed by atoms with van der Waals surface area (Å²) >= 11 is 0. The van der Waals surface area contributed by atoms with Crippen LogP contribution in [0.1, 0.15) is 25.5 Å². The monoisotopic (exact) mass is 279 g/mol. The van der Waals surface area contributed by atoms with Gasteiger partial charge in [-0.1, -0.05) is 30.3 Å². The number of likely N-dealkylation sites (N-methyl/N-ethyl adjacent to an activating group) is 1. The quantitative estimate of drug-likeness (QED) is 0.714. The van der Waals surface area contributed by atoms with Crippen molar-refractivity contribution in [2.45, 2.75) is 20.0 Å². The van der Waals surface area contributed by atoms with Crippen molar-refractivity contribution in [1.82, 2.24) is 4.90 Å². The van der Waals surface area contributed by atoms with Crippen LogP contribution in [0.2, 0.25) is 0 Å². The molecule has 0 N–H and O–H groups in total. The standard InChI is InChI=1S/C15H21NO4/c1-4-16(11-13(17)20-5-2)15(18)14(19-3)12-9-7-6-8-10-12/h6-10,14H,4-5,11H2,1-3H3. The average molecular weight is 279 g/mol. The lowest BCUT2D eigenvalue weighted by Gasteiger charge is -2.24. The van der Waals surface area contributed by atoms with Gasteiger partial charge >= 0.3 is 5.97 Å². The number of rotatable bonds is 7. The molecule has 1 unspecified atom stereocenters. The molecule has 0 aliphatic carbocycles. The summed E-state index contributed by atoms with van der Waals surface area (Å²) in [6.07, 6.45) is -0.703. The second kappa shape index (κ2) is 8.32.